The van der Waals surface area contributed by atoms with Crippen LogP contribution in [0.25, 0.3) is 0 Å². The minimum atomic E-state index is -0.652. The van der Waals surface area contributed by atoms with E-state index in [-0.39, 0.29) is 5.82 Å². The number of benzene rings is 1. The molecule has 0 bridgehead atoms. The van der Waals surface area contributed by atoms with Gasteiger partial charge in [-0.25, -0.2) is 4.39 Å². The van der Waals surface area contributed by atoms with Gasteiger partial charge in [0, 0.05) is 10.9 Å². The van der Waals surface area contributed by atoms with E-state index in [9.17, 15) is 9.50 Å². The smallest absolute Gasteiger partial charge is 0.124 e. The summed E-state index contributed by atoms with van der Waals surface area (Å²) in [7, 11) is 0. The number of halogens is 2. The lowest BCUT2D eigenvalue weighted by Crippen LogP contribution is -2.31. The first-order chi connectivity index (χ1) is 9.70. The van der Waals surface area contributed by atoms with Gasteiger partial charge in [0.2, 0.25) is 0 Å². The van der Waals surface area contributed by atoms with Crippen LogP contribution in [0, 0.1) is 17.2 Å². The van der Waals surface area contributed by atoms with Gasteiger partial charge in [0.15, 0.2) is 0 Å². The van der Waals surface area contributed by atoms with Gasteiger partial charge in [0.05, 0.1) is 5.60 Å². The highest BCUT2D eigenvalue weighted by atomic mass is 79.9. The van der Waals surface area contributed by atoms with Crippen LogP contribution in [0.4, 0.5) is 4.39 Å². The fraction of sp³-hybridized carbons (Fsp3) is 0.667. The van der Waals surface area contributed by atoms with E-state index < -0.39 is 5.60 Å². The van der Waals surface area contributed by atoms with Crippen LogP contribution in [0.1, 0.15) is 58.4 Å². The molecule has 2 unspecified atom stereocenters. The Balaban J connectivity index is 2.08. The molecule has 1 fully saturated rings. The third-order valence-corrected chi connectivity index (χ3v) is 5.65. The van der Waals surface area contributed by atoms with Gasteiger partial charge in [-0.1, -0.05) is 49.2 Å². The quantitative estimate of drug-likeness (QED) is 0.694. The van der Waals surface area contributed by atoms with Crippen molar-refractivity contribution < 1.29 is 9.50 Å². The molecule has 2 rings (SSSR count). The molecule has 0 aromatic heterocycles. The standard InChI is InChI=1S/C18H26BrFO/c1-17(2,3)14-5-4-9-18(21,10-8-14)12-13-6-7-15(20)11-16(13)19/h6-7,11,14,21H,4-5,8-10,12H2,1-3H3. The number of rotatable bonds is 2. The zero-order valence-corrected chi connectivity index (χ0v) is 14.8. The van der Waals surface area contributed by atoms with Crippen molar-refractivity contribution in [3.8, 4) is 0 Å². The Labute approximate surface area is 136 Å². The van der Waals surface area contributed by atoms with Crippen molar-refractivity contribution in [2.75, 3.05) is 0 Å². The van der Waals surface area contributed by atoms with Gasteiger partial charge in [-0.15, -0.1) is 0 Å². The van der Waals surface area contributed by atoms with Crippen LogP contribution in [-0.4, -0.2) is 10.7 Å². The Hall–Kier alpha value is -0.410. The second-order valence-corrected chi connectivity index (χ2v) is 8.49. The molecule has 1 aliphatic carbocycles. The number of hydrogen-bond acceptors (Lipinski definition) is 1. The first-order valence-corrected chi connectivity index (χ1v) is 8.65. The maximum atomic E-state index is 13.2. The summed E-state index contributed by atoms with van der Waals surface area (Å²) in [5, 5.41) is 11.0. The molecule has 1 saturated carbocycles. The first-order valence-electron chi connectivity index (χ1n) is 7.86. The van der Waals surface area contributed by atoms with Gasteiger partial charge >= 0.3 is 0 Å². The molecule has 0 aliphatic heterocycles. The Morgan fingerprint density at radius 3 is 2.62 bits per heavy atom. The topological polar surface area (TPSA) is 20.2 Å². The monoisotopic (exact) mass is 356 g/mol. The molecule has 1 nitrogen and oxygen atoms in total. The Morgan fingerprint density at radius 1 is 1.29 bits per heavy atom. The maximum absolute atomic E-state index is 13.2. The van der Waals surface area contributed by atoms with Crippen LogP contribution in [0.3, 0.4) is 0 Å². The molecule has 1 aliphatic rings. The average Bonchev–Trinajstić information content (AvgIpc) is 2.55. The van der Waals surface area contributed by atoms with Crippen LogP contribution >= 0.6 is 15.9 Å². The summed E-state index contributed by atoms with van der Waals surface area (Å²) in [5.41, 5.74) is 0.648. The van der Waals surface area contributed by atoms with E-state index in [1.165, 1.54) is 18.6 Å². The molecule has 1 aromatic carbocycles. The number of hydrogen-bond donors (Lipinski definition) is 1. The molecular formula is C18H26BrFO. The SMILES string of the molecule is CC(C)(C)C1CCCC(O)(Cc2ccc(F)cc2Br)CC1. The Bertz CT molecular complexity index is 494. The molecule has 118 valence electrons. The molecule has 21 heavy (non-hydrogen) atoms. The predicted molar refractivity (Wildman–Crippen MR) is 88.8 cm³/mol. The summed E-state index contributed by atoms with van der Waals surface area (Å²) in [5.74, 6) is 0.425. The van der Waals surface area contributed by atoms with E-state index in [0.29, 0.717) is 17.8 Å². The maximum Gasteiger partial charge on any atom is 0.124 e. The second-order valence-electron chi connectivity index (χ2n) is 7.63. The minimum Gasteiger partial charge on any atom is -0.390 e. The lowest BCUT2D eigenvalue weighted by molar-refractivity contribution is 0.0224. The van der Waals surface area contributed by atoms with Crippen molar-refractivity contribution in [2.45, 2.75) is 64.9 Å². The van der Waals surface area contributed by atoms with Crippen molar-refractivity contribution in [3.63, 3.8) is 0 Å². The summed E-state index contributed by atoms with van der Waals surface area (Å²) in [4.78, 5) is 0. The largest absolute Gasteiger partial charge is 0.390 e. The zero-order valence-electron chi connectivity index (χ0n) is 13.3. The van der Waals surface area contributed by atoms with E-state index in [1.54, 1.807) is 6.07 Å². The molecule has 3 heteroatoms. The zero-order chi connectivity index (χ0) is 15.7. The van der Waals surface area contributed by atoms with Gasteiger partial charge in [-0.05, 0) is 54.7 Å². The highest BCUT2D eigenvalue weighted by molar-refractivity contribution is 9.10. The third-order valence-electron chi connectivity index (χ3n) is 4.91. The molecule has 1 aromatic rings. The van der Waals surface area contributed by atoms with Gasteiger partial charge in [-0.3, -0.25) is 0 Å². The van der Waals surface area contributed by atoms with Gasteiger partial charge in [-0.2, -0.15) is 0 Å². The molecular weight excluding hydrogens is 331 g/mol. The number of aliphatic hydroxyl groups is 1. The van der Waals surface area contributed by atoms with Crippen molar-refractivity contribution in [1.29, 1.82) is 0 Å². The molecule has 0 saturated heterocycles. The summed E-state index contributed by atoms with van der Waals surface area (Å²) < 4.78 is 13.9. The first kappa shape index (κ1) is 17.0. The fourth-order valence-electron chi connectivity index (χ4n) is 3.45. The third kappa shape index (κ3) is 4.53. The van der Waals surface area contributed by atoms with Crippen LogP contribution in [0.15, 0.2) is 22.7 Å². The van der Waals surface area contributed by atoms with E-state index in [0.717, 1.165) is 35.7 Å². The lowest BCUT2D eigenvalue weighted by atomic mass is 9.76. The van der Waals surface area contributed by atoms with Gasteiger partial charge in [0.25, 0.3) is 0 Å². The summed E-state index contributed by atoms with van der Waals surface area (Å²) >= 11 is 3.41. The average molecular weight is 357 g/mol. The van der Waals surface area contributed by atoms with Crippen LogP contribution in [0.5, 0.6) is 0 Å². The van der Waals surface area contributed by atoms with Crippen molar-refractivity contribution in [3.05, 3.63) is 34.1 Å². The molecule has 0 radical (unpaired) electrons. The highest BCUT2D eigenvalue weighted by Gasteiger charge is 2.35. The highest BCUT2D eigenvalue weighted by Crippen LogP contribution is 2.41. The molecule has 0 heterocycles. The summed E-state index contributed by atoms with van der Waals surface area (Å²) in [6.45, 7) is 6.87. The van der Waals surface area contributed by atoms with Crippen molar-refractivity contribution in [1.82, 2.24) is 0 Å². The van der Waals surface area contributed by atoms with E-state index >= 15 is 0 Å². The normalized spacial score (nSPS) is 27.4. The van der Waals surface area contributed by atoms with Gasteiger partial charge in [0.1, 0.15) is 5.82 Å². The van der Waals surface area contributed by atoms with Crippen LogP contribution in [0.2, 0.25) is 0 Å². The fourth-order valence-corrected chi connectivity index (χ4v) is 3.94. The summed E-state index contributed by atoms with van der Waals surface area (Å²) in [6, 6.07) is 4.73. The van der Waals surface area contributed by atoms with E-state index in [4.69, 9.17) is 0 Å². The minimum absolute atomic E-state index is 0.244. The summed E-state index contributed by atoms with van der Waals surface area (Å²) in [6.07, 6.45) is 5.60. The Morgan fingerprint density at radius 2 is 2.00 bits per heavy atom. The van der Waals surface area contributed by atoms with E-state index in [1.807, 2.05) is 0 Å². The lowest BCUT2D eigenvalue weighted by Gasteiger charge is -2.31. The van der Waals surface area contributed by atoms with E-state index in [2.05, 4.69) is 36.7 Å². The van der Waals surface area contributed by atoms with Gasteiger partial charge < -0.3 is 5.11 Å². The predicted octanol–water partition coefficient (Wildman–Crippen LogP) is 5.49. The molecule has 2 atom stereocenters. The van der Waals surface area contributed by atoms with Crippen LogP contribution < -0.4 is 0 Å². The molecule has 0 spiro atoms. The van der Waals surface area contributed by atoms with Crippen molar-refractivity contribution in [2.24, 2.45) is 11.3 Å². The second kappa shape index (κ2) is 6.37. The van der Waals surface area contributed by atoms with Crippen LogP contribution in [-0.2, 0) is 6.42 Å². The molecule has 0 amide bonds. The molecule has 1 N–H and O–H groups in total. The Kier molecular flexibility index (Phi) is 5.15. The van der Waals surface area contributed by atoms with Crippen molar-refractivity contribution >= 4 is 15.9 Å².